The summed E-state index contributed by atoms with van der Waals surface area (Å²) in [7, 11) is 0. The van der Waals surface area contributed by atoms with Crippen LogP contribution in [-0.2, 0) is 16.1 Å². The van der Waals surface area contributed by atoms with Gasteiger partial charge in [-0.25, -0.2) is 9.78 Å². The molecule has 1 aliphatic rings. The molecule has 2 heterocycles. The molecule has 3 rings (SSSR count). The van der Waals surface area contributed by atoms with Gasteiger partial charge in [-0.3, -0.25) is 9.69 Å². The standard InChI is InChI=1S/C19H21N3O4/c1-13-7-8-17(20-10-13)21-18(24)16-9-15(23)11-22(16)19(25)26-12-14-5-3-2-4-6-14/h2-8,10,15-16,23H,9,11-12H2,1H3,(H,20,21,24)/t15-,16+/m1/s1. The Balaban J connectivity index is 1.62. The fourth-order valence-electron chi connectivity index (χ4n) is 2.82. The molecule has 2 N–H and O–H groups in total. The maximum absolute atomic E-state index is 12.5. The van der Waals surface area contributed by atoms with Crippen molar-refractivity contribution < 1.29 is 19.4 Å². The molecular formula is C19H21N3O4. The predicted molar refractivity (Wildman–Crippen MR) is 95.3 cm³/mol. The van der Waals surface area contributed by atoms with E-state index in [-0.39, 0.29) is 19.6 Å². The molecule has 7 heteroatoms. The van der Waals surface area contributed by atoms with Gasteiger partial charge in [0.1, 0.15) is 18.5 Å². The van der Waals surface area contributed by atoms with Gasteiger partial charge in [-0.2, -0.15) is 0 Å². The lowest BCUT2D eigenvalue weighted by Crippen LogP contribution is -2.43. The number of anilines is 1. The zero-order valence-electron chi connectivity index (χ0n) is 14.5. The van der Waals surface area contributed by atoms with Gasteiger partial charge < -0.3 is 15.2 Å². The number of carbonyl (C=O) groups is 2. The van der Waals surface area contributed by atoms with E-state index in [1.54, 1.807) is 12.3 Å². The van der Waals surface area contributed by atoms with Crippen molar-refractivity contribution in [2.45, 2.75) is 32.1 Å². The van der Waals surface area contributed by atoms with E-state index < -0.39 is 24.1 Å². The monoisotopic (exact) mass is 355 g/mol. The molecule has 1 aliphatic heterocycles. The lowest BCUT2D eigenvalue weighted by Gasteiger charge is -2.22. The molecule has 2 amide bonds. The molecule has 136 valence electrons. The average Bonchev–Trinajstić information content (AvgIpc) is 3.04. The van der Waals surface area contributed by atoms with E-state index in [1.807, 2.05) is 43.3 Å². The number of ether oxygens (including phenoxy) is 1. The highest BCUT2D eigenvalue weighted by molar-refractivity contribution is 5.96. The van der Waals surface area contributed by atoms with Crippen LogP contribution in [0.1, 0.15) is 17.5 Å². The quantitative estimate of drug-likeness (QED) is 0.876. The van der Waals surface area contributed by atoms with Crippen LogP contribution in [-0.4, -0.2) is 45.7 Å². The number of β-amino-alcohol motifs (C(OH)–C–C–N with tert-alkyl or cyclic N) is 1. The second-order valence-electron chi connectivity index (χ2n) is 6.31. The van der Waals surface area contributed by atoms with Gasteiger partial charge in [0, 0.05) is 12.6 Å². The topological polar surface area (TPSA) is 91.8 Å². The van der Waals surface area contributed by atoms with Crippen LogP contribution in [0.15, 0.2) is 48.7 Å². The third kappa shape index (κ3) is 4.37. The highest BCUT2D eigenvalue weighted by Gasteiger charge is 2.40. The second-order valence-corrected chi connectivity index (χ2v) is 6.31. The van der Waals surface area contributed by atoms with E-state index in [0.717, 1.165) is 11.1 Å². The molecule has 1 aromatic carbocycles. The lowest BCUT2D eigenvalue weighted by atomic mass is 10.2. The van der Waals surface area contributed by atoms with Gasteiger partial charge in [-0.1, -0.05) is 36.4 Å². The van der Waals surface area contributed by atoms with Crippen molar-refractivity contribution in [1.29, 1.82) is 0 Å². The third-order valence-corrected chi connectivity index (χ3v) is 4.18. The van der Waals surface area contributed by atoms with Crippen molar-refractivity contribution in [1.82, 2.24) is 9.88 Å². The van der Waals surface area contributed by atoms with Gasteiger partial charge >= 0.3 is 6.09 Å². The maximum atomic E-state index is 12.5. The zero-order valence-corrected chi connectivity index (χ0v) is 14.5. The first-order valence-electron chi connectivity index (χ1n) is 8.42. The van der Waals surface area contributed by atoms with E-state index >= 15 is 0 Å². The lowest BCUT2D eigenvalue weighted by molar-refractivity contribution is -0.120. The van der Waals surface area contributed by atoms with Crippen molar-refractivity contribution in [3.63, 3.8) is 0 Å². The second kappa shape index (κ2) is 7.97. The number of benzene rings is 1. The van der Waals surface area contributed by atoms with Crippen LogP contribution in [0.3, 0.4) is 0 Å². The van der Waals surface area contributed by atoms with E-state index in [4.69, 9.17) is 4.74 Å². The number of hydrogen-bond donors (Lipinski definition) is 2. The molecule has 0 spiro atoms. The number of amides is 2. The van der Waals surface area contributed by atoms with Gasteiger partial charge in [-0.15, -0.1) is 0 Å². The van der Waals surface area contributed by atoms with Crippen molar-refractivity contribution in [2.75, 3.05) is 11.9 Å². The third-order valence-electron chi connectivity index (χ3n) is 4.18. The van der Waals surface area contributed by atoms with Crippen LogP contribution in [0.25, 0.3) is 0 Å². The first kappa shape index (κ1) is 17.9. The van der Waals surface area contributed by atoms with Crippen LogP contribution in [0.2, 0.25) is 0 Å². The average molecular weight is 355 g/mol. The molecule has 0 radical (unpaired) electrons. The van der Waals surface area contributed by atoms with Crippen molar-refractivity contribution in [3.8, 4) is 0 Å². The minimum Gasteiger partial charge on any atom is -0.445 e. The van der Waals surface area contributed by atoms with Crippen LogP contribution in [0.4, 0.5) is 10.6 Å². The van der Waals surface area contributed by atoms with Crippen LogP contribution in [0.5, 0.6) is 0 Å². The highest BCUT2D eigenvalue weighted by Crippen LogP contribution is 2.21. The summed E-state index contributed by atoms with van der Waals surface area (Å²) in [6, 6.07) is 12.0. The fraction of sp³-hybridized carbons (Fsp3) is 0.316. The maximum Gasteiger partial charge on any atom is 0.410 e. The van der Waals surface area contributed by atoms with Crippen molar-refractivity contribution >= 4 is 17.8 Å². The Morgan fingerprint density at radius 2 is 2.04 bits per heavy atom. The summed E-state index contributed by atoms with van der Waals surface area (Å²) in [5.74, 6) is 0.00848. The Morgan fingerprint density at radius 3 is 2.73 bits per heavy atom. The minimum atomic E-state index is -0.795. The van der Waals surface area contributed by atoms with Crippen LogP contribution < -0.4 is 5.32 Å². The number of hydrogen-bond acceptors (Lipinski definition) is 5. The van der Waals surface area contributed by atoms with Gasteiger partial charge in [0.2, 0.25) is 5.91 Å². The number of aliphatic hydroxyl groups excluding tert-OH is 1. The summed E-state index contributed by atoms with van der Waals surface area (Å²) in [6.45, 7) is 2.07. The summed E-state index contributed by atoms with van der Waals surface area (Å²) in [5, 5.41) is 12.6. The van der Waals surface area contributed by atoms with E-state index in [1.165, 1.54) is 4.90 Å². The van der Waals surface area contributed by atoms with Crippen LogP contribution in [0, 0.1) is 6.92 Å². The Hall–Kier alpha value is -2.93. The highest BCUT2D eigenvalue weighted by atomic mass is 16.6. The number of carbonyl (C=O) groups excluding carboxylic acids is 2. The fourth-order valence-corrected chi connectivity index (χ4v) is 2.82. The molecular weight excluding hydrogens is 334 g/mol. The molecule has 7 nitrogen and oxygen atoms in total. The summed E-state index contributed by atoms with van der Waals surface area (Å²) >= 11 is 0. The van der Waals surface area contributed by atoms with Gasteiger partial charge in [-0.05, 0) is 24.1 Å². The van der Waals surface area contributed by atoms with Gasteiger partial charge in [0.25, 0.3) is 0 Å². The minimum absolute atomic E-state index is 0.0625. The number of pyridine rings is 1. The summed E-state index contributed by atoms with van der Waals surface area (Å²) in [6.07, 6.45) is 0.423. The number of nitrogens with zero attached hydrogens (tertiary/aromatic N) is 2. The first-order chi connectivity index (χ1) is 12.5. The molecule has 0 aliphatic carbocycles. The van der Waals surface area contributed by atoms with Crippen LogP contribution >= 0.6 is 0 Å². The largest absolute Gasteiger partial charge is 0.445 e. The smallest absolute Gasteiger partial charge is 0.410 e. The molecule has 26 heavy (non-hydrogen) atoms. The normalized spacial score (nSPS) is 19.2. The molecule has 0 bridgehead atoms. The predicted octanol–water partition coefficient (Wildman–Crippen LogP) is 2.10. The Morgan fingerprint density at radius 1 is 1.27 bits per heavy atom. The number of aliphatic hydroxyl groups is 1. The van der Waals surface area contributed by atoms with Crippen molar-refractivity contribution in [3.05, 3.63) is 59.8 Å². The molecule has 0 saturated carbocycles. The molecule has 1 fully saturated rings. The molecule has 1 saturated heterocycles. The molecule has 1 aromatic heterocycles. The number of aryl methyl sites for hydroxylation is 1. The number of rotatable bonds is 4. The molecule has 2 atom stereocenters. The Kier molecular flexibility index (Phi) is 5.48. The summed E-state index contributed by atoms with van der Waals surface area (Å²) < 4.78 is 5.29. The number of likely N-dealkylation sites (tertiary alicyclic amines) is 1. The van der Waals surface area contributed by atoms with E-state index in [2.05, 4.69) is 10.3 Å². The Labute approximate surface area is 151 Å². The van der Waals surface area contributed by atoms with Gasteiger partial charge in [0.15, 0.2) is 0 Å². The molecule has 0 unspecified atom stereocenters. The van der Waals surface area contributed by atoms with Crippen molar-refractivity contribution in [2.24, 2.45) is 0 Å². The Bertz CT molecular complexity index is 764. The summed E-state index contributed by atoms with van der Waals surface area (Å²) in [4.78, 5) is 30.3. The number of nitrogens with one attached hydrogen (secondary N) is 1. The molecule has 2 aromatic rings. The van der Waals surface area contributed by atoms with E-state index in [0.29, 0.717) is 5.82 Å². The van der Waals surface area contributed by atoms with E-state index in [9.17, 15) is 14.7 Å². The first-order valence-corrected chi connectivity index (χ1v) is 8.42. The number of aromatic nitrogens is 1. The SMILES string of the molecule is Cc1ccc(NC(=O)[C@@H]2C[C@@H](O)CN2C(=O)OCc2ccccc2)nc1. The van der Waals surface area contributed by atoms with Gasteiger partial charge in [0.05, 0.1) is 12.6 Å². The summed E-state index contributed by atoms with van der Waals surface area (Å²) in [5.41, 5.74) is 1.83. The zero-order chi connectivity index (χ0) is 18.5.